The molecule has 0 radical (unpaired) electrons. The fraction of sp³-hybridized carbons (Fsp3) is 0.200. The maximum Gasteiger partial charge on any atom is 0.352 e. The van der Waals surface area contributed by atoms with Crippen LogP contribution in [0.15, 0.2) is 12.4 Å². The van der Waals surface area contributed by atoms with E-state index in [1.807, 2.05) is 6.92 Å². The van der Waals surface area contributed by atoms with Crippen molar-refractivity contribution in [3.8, 4) is 6.01 Å². The van der Waals surface area contributed by atoms with Crippen LogP contribution in [-0.2, 0) is 0 Å². The SMILES string of the molecule is Cc1cnc(OO)nc1. The average Bonchev–Trinajstić information content (AvgIpc) is 1.90. The minimum atomic E-state index is -0.0272. The monoisotopic (exact) mass is 126 g/mol. The van der Waals surface area contributed by atoms with Crippen LogP contribution in [0.25, 0.3) is 0 Å². The van der Waals surface area contributed by atoms with Gasteiger partial charge in [0.15, 0.2) is 0 Å². The minimum Gasteiger partial charge on any atom is -0.298 e. The number of rotatable bonds is 1. The maximum absolute atomic E-state index is 8.00. The molecule has 0 bridgehead atoms. The van der Waals surface area contributed by atoms with Gasteiger partial charge >= 0.3 is 6.01 Å². The van der Waals surface area contributed by atoms with E-state index in [9.17, 15) is 0 Å². The molecule has 0 spiro atoms. The highest BCUT2D eigenvalue weighted by Gasteiger charge is 1.91. The minimum absolute atomic E-state index is 0.0272. The summed E-state index contributed by atoms with van der Waals surface area (Å²) in [5, 5.41) is 8.00. The fourth-order valence-electron chi connectivity index (χ4n) is 0.428. The Labute approximate surface area is 52.1 Å². The van der Waals surface area contributed by atoms with Crippen LogP contribution in [-0.4, -0.2) is 15.2 Å². The number of aryl methyl sites for hydroxylation is 1. The second kappa shape index (κ2) is 2.41. The van der Waals surface area contributed by atoms with Crippen molar-refractivity contribution >= 4 is 0 Å². The molecule has 1 aromatic heterocycles. The molecule has 0 atom stereocenters. The van der Waals surface area contributed by atoms with Crippen molar-refractivity contribution in [2.24, 2.45) is 0 Å². The summed E-state index contributed by atoms with van der Waals surface area (Å²) in [6, 6.07) is -0.0272. The number of nitrogens with zero attached hydrogens (tertiary/aromatic N) is 2. The first-order valence-corrected chi connectivity index (χ1v) is 2.43. The van der Waals surface area contributed by atoms with Crippen LogP contribution >= 0.6 is 0 Å². The summed E-state index contributed by atoms with van der Waals surface area (Å²) in [4.78, 5) is 11.0. The van der Waals surface area contributed by atoms with Gasteiger partial charge in [0.1, 0.15) is 0 Å². The molecule has 0 aromatic carbocycles. The van der Waals surface area contributed by atoms with Gasteiger partial charge in [0.25, 0.3) is 0 Å². The summed E-state index contributed by atoms with van der Waals surface area (Å²) in [5.74, 6) is 0. The summed E-state index contributed by atoms with van der Waals surface area (Å²) in [7, 11) is 0. The lowest BCUT2D eigenvalue weighted by Crippen LogP contribution is -1.91. The highest BCUT2D eigenvalue weighted by atomic mass is 17.1. The highest BCUT2D eigenvalue weighted by molar-refractivity contribution is 5.03. The third-order valence-electron chi connectivity index (χ3n) is 0.839. The molecular formula is C5H6N2O2. The van der Waals surface area contributed by atoms with E-state index >= 15 is 0 Å². The Balaban J connectivity index is 2.88. The van der Waals surface area contributed by atoms with Crippen molar-refractivity contribution in [1.29, 1.82) is 0 Å². The van der Waals surface area contributed by atoms with Gasteiger partial charge in [-0.3, -0.25) is 4.89 Å². The molecule has 0 saturated carbocycles. The molecule has 1 rings (SSSR count). The van der Waals surface area contributed by atoms with E-state index < -0.39 is 0 Å². The molecule has 1 aromatic rings. The molecular weight excluding hydrogens is 120 g/mol. The second-order valence-corrected chi connectivity index (χ2v) is 1.63. The van der Waals surface area contributed by atoms with Gasteiger partial charge in [0, 0.05) is 12.4 Å². The molecule has 4 nitrogen and oxygen atoms in total. The van der Waals surface area contributed by atoms with E-state index in [4.69, 9.17) is 5.26 Å². The lowest BCUT2D eigenvalue weighted by Gasteiger charge is -1.91. The Kier molecular flexibility index (Phi) is 1.60. The first-order valence-electron chi connectivity index (χ1n) is 2.43. The summed E-state index contributed by atoms with van der Waals surface area (Å²) >= 11 is 0. The van der Waals surface area contributed by atoms with Crippen molar-refractivity contribution in [2.75, 3.05) is 0 Å². The molecule has 0 fully saturated rings. The van der Waals surface area contributed by atoms with E-state index in [1.54, 1.807) is 12.4 Å². The summed E-state index contributed by atoms with van der Waals surface area (Å²) in [6.45, 7) is 1.85. The molecule has 0 aliphatic rings. The molecule has 9 heavy (non-hydrogen) atoms. The highest BCUT2D eigenvalue weighted by Crippen LogP contribution is 1.98. The normalized spacial score (nSPS) is 9.11. The van der Waals surface area contributed by atoms with Gasteiger partial charge in [-0.25, -0.2) is 9.97 Å². The van der Waals surface area contributed by atoms with Gasteiger partial charge in [-0.15, -0.1) is 0 Å². The zero-order valence-electron chi connectivity index (χ0n) is 4.90. The predicted octanol–water partition coefficient (Wildman–Crippen LogP) is 0.637. The second-order valence-electron chi connectivity index (χ2n) is 1.63. The number of aromatic nitrogens is 2. The van der Waals surface area contributed by atoms with Crippen LogP contribution in [0.3, 0.4) is 0 Å². The van der Waals surface area contributed by atoms with Crippen molar-refractivity contribution in [1.82, 2.24) is 9.97 Å². The average molecular weight is 126 g/mol. The van der Waals surface area contributed by atoms with Crippen LogP contribution in [0.5, 0.6) is 6.01 Å². The molecule has 48 valence electrons. The zero-order valence-corrected chi connectivity index (χ0v) is 4.90. The zero-order chi connectivity index (χ0) is 6.69. The van der Waals surface area contributed by atoms with Crippen molar-refractivity contribution in [2.45, 2.75) is 6.92 Å². The van der Waals surface area contributed by atoms with Gasteiger partial charge in [0.05, 0.1) is 0 Å². The van der Waals surface area contributed by atoms with Gasteiger partial charge in [-0.2, -0.15) is 5.26 Å². The molecule has 0 unspecified atom stereocenters. The summed E-state index contributed by atoms with van der Waals surface area (Å²) in [6.07, 6.45) is 3.11. The molecule has 0 aliphatic carbocycles. The molecule has 1 heterocycles. The largest absolute Gasteiger partial charge is 0.352 e. The van der Waals surface area contributed by atoms with Gasteiger partial charge in [-0.05, 0) is 12.5 Å². The maximum atomic E-state index is 8.00. The van der Waals surface area contributed by atoms with E-state index in [-0.39, 0.29) is 6.01 Å². The Morgan fingerprint density at radius 2 is 2.00 bits per heavy atom. The van der Waals surface area contributed by atoms with Crippen molar-refractivity contribution in [3.63, 3.8) is 0 Å². The van der Waals surface area contributed by atoms with E-state index in [1.165, 1.54) is 0 Å². The molecule has 0 saturated heterocycles. The lowest BCUT2D eigenvalue weighted by atomic mass is 10.4. The Hall–Kier alpha value is -1.16. The van der Waals surface area contributed by atoms with E-state index in [2.05, 4.69) is 14.9 Å². The Morgan fingerprint density at radius 1 is 1.44 bits per heavy atom. The first kappa shape index (κ1) is 5.97. The molecule has 1 N–H and O–H groups in total. The standard InChI is InChI=1S/C5H6N2O2/c1-4-2-6-5(9-8)7-3-4/h2-3,8H,1H3. The van der Waals surface area contributed by atoms with Crippen LogP contribution in [0, 0.1) is 6.92 Å². The van der Waals surface area contributed by atoms with Crippen molar-refractivity contribution < 1.29 is 10.1 Å². The third-order valence-corrected chi connectivity index (χ3v) is 0.839. The van der Waals surface area contributed by atoms with Crippen LogP contribution < -0.4 is 4.89 Å². The van der Waals surface area contributed by atoms with Gasteiger partial charge in [-0.1, -0.05) is 0 Å². The van der Waals surface area contributed by atoms with Crippen LogP contribution in [0.2, 0.25) is 0 Å². The van der Waals surface area contributed by atoms with Crippen molar-refractivity contribution in [3.05, 3.63) is 18.0 Å². The third kappa shape index (κ3) is 1.36. The van der Waals surface area contributed by atoms with E-state index in [0.717, 1.165) is 5.56 Å². The van der Waals surface area contributed by atoms with Crippen LogP contribution in [0.4, 0.5) is 0 Å². The molecule has 0 aliphatic heterocycles. The quantitative estimate of drug-likeness (QED) is 0.443. The van der Waals surface area contributed by atoms with E-state index in [0.29, 0.717) is 0 Å². The topological polar surface area (TPSA) is 55.2 Å². The first-order chi connectivity index (χ1) is 4.33. The number of hydrogen-bond acceptors (Lipinski definition) is 4. The number of hydrogen-bond donors (Lipinski definition) is 1. The summed E-state index contributed by atoms with van der Waals surface area (Å²) < 4.78 is 0. The smallest absolute Gasteiger partial charge is 0.298 e. The van der Waals surface area contributed by atoms with Gasteiger partial charge in [0.2, 0.25) is 0 Å². The Morgan fingerprint density at radius 3 is 2.44 bits per heavy atom. The molecule has 4 heteroatoms. The molecule has 0 amide bonds. The summed E-state index contributed by atoms with van der Waals surface area (Å²) in [5.41, 5.74) is 0.927. The van der Waals surface area contributed by atoms with Gasteiger partial charge < -0.3 is 0 Å². The lowest BCUT2D eigenvalue weighted by molar-refractivity contribution is -0.145. The fourth-order valence-corrected chi connectivity index (χ4v) is 0.428. The Bertz CT molecular complexity index is 185. The predicted molar refractivity (Wildman–Crippen MR) is 30.0 cm³/mol. The van der Waals surface area contributed by atoms with Crippen LogP contribution in [0.1, 0.15) is 5.56 Å².